The largest absolute Gasteiger partial charge is 0.494 e. The summed E-state index contributed by atoms with van der Waals surface area (Å²) < 4.78 is 45.7. The Bertz CT molecular complexity index is 1320. The van der Waals surface area contributed by atoms with Crippen LogP contribution in [-0.4, -0.2) is 40.4 Å². The summed E-state index contributed by atoms with van der Waals surface area (Å²) in [5, 5.41) is 3.00. The number of benzene rings is 2. The molecular formula is C24H24BF2N3O4. The molecule has 10 heteroatoms. The second kappa shape index (κ2) is 7.02. The van der Waals surface area contributed by atoms with Crippen molar-refractivity contribution < 1.29 is 27.6 Å². The molecular weight excluding hydrogens is 443 g/mol. The molecule has 4 heterocycles. The first kappa shape index (κ1) is 21.6. The topological polar surface area (TPSA) is 74.6 Å². The lowest BCUT2D eigenvalue weighted by atomic mass is 9.79. The van der Waals surface area contributed by atoms with Gasteiger partial charge in [-0.05, 0) is 63.8 Å². The number of aromatic nitrogens is 2. The maximum Gasteiger partial charge on any atom is 0.494 e. The summed E-state index contributed by atoms with van der Waals surface area (Å²) in [5.74, 6) is 0.375. The Morgan fingerprint density at radius 2 is 1.91 bits per heavy atom. The lowest BCUT2D eigenvalue weighted by molar-refractivity contribution is -0.0507. The van der Waals surface area contributed by atoms with Crippen molar-refractivity contribution in [2.24, 2.45) is 0 Å². The van der Waals surface area contributed by atoms with Crippen molar-refractivity contribution in [3.05, 3.63) is 53.3 Å². The highest BCUT2D eigenvalue weighted by Crippen LogP contribution is 2.47. The van der Waals surface area contributed by atoms with Gasteiger partial charge >= 0.3 is 13.7 Å². The molecule has 3 aliphatic heterocycles. The number of carbonyl (C=O) groups excluding carboxylic acids is 1. The predicted octanol–water partition coefficient (Wildman–Crippen LogP) is 3.71. The highest BCUT2D eigenvalue weighted by molar-refractivity contribution is 6.62. The number of hydrogen-bond acceptors (Lipinski definition) is 5. The smallest absolute Gasteiger partial charge is 0.434 e. The van der Waals surface area contributed by atoms with Gasteiger partial charge in [-0.25, -0.2) is 4.98 Å². The molecule has 1 fully saturated rings. The van der Waals surface area contributed by atoms with Gasteiger partial charge in [-0.1, -0.05) is 12.1 Å². The van der Waals surface area contributed by atoms with Crippen LogP contribution in [0.25, 0.3) is 11.0 Å². The van der Waals surface area contributed by atoms with Crippen LogP contribution in [0.15, 0.2) is 36.4 Å². The van der Waals surface area contributed by atoms with E-state index in [-0.39, 0.29) is 23.7 Å². The second-order valence-corrected chi connectivity index (χ2v) is 10.0. The average molecular weight is 467 g/mol. The van der Waals surface area contributed by atoms with E-state index in [9.17, 15) is 13.6 Å². The van der Waals surface area contributed by atoms with Crippen molar-refractivity contribution in [2.45, 2.75) is 64.0 Å². The maximum absolute atomic E-state index is 13.2. The monoisotopic (exact) mass is 467 g/mol. The first-order valence-electron chi connectivity index (χ1n) is 11.3. The normalized spacial score (nSPS) is 24.2. The summed E-state index contributed by atoms with van der Waals surface area (Å²) in [7, 11) is -0.547. The molecule has 34 heavy (non-hydrogen) atoms. The molecule has 0 aliphatic carbocycles. The van der Waals surface area contributed by atoms with Crippen LogP contribution in [-0.2, 0) is 9.31 Å². The Kier molecular flexibility index (Phi) is 4.45. The van der Waals surface area contributed by atoms with Gasteiger partial charge in [-0.3, -0.25) is 4.79 Å². The number of halogens is 2. The van der Waals surface area contributed by atoms with Gasteiger partial charge in [0.15, 0.2) is 0 Å². The molecule has 6 rings (SSSR count). The van der Waals surface area contributed by atoms with Gasteiger partial charge in [-0.2, -0.15) is 8.78 Å². The number of nitrogens with zero attached hydrogens (tertiary/aromatic N) is 2. The predicted molar refractivity (Wildman–Crippen MR) is 121 cm³/mol. The van der Waals surface area contributed by atoms with Gasteiger partial charge in [0.05, 0.1) is 34.3 Å². The fraction of sp³-hybridized carbons (Fsp3) is 0.417. The molecule has 176 valence electrons. The Labute approximate surface area is 195 Å². The molecule has 2 aromatic carbocycles. The molecule has 1 N–H and O–H groups in total. The van der Waals surface area contributed by atoms with E-state index < -0.39 is 24.9 Å². The van der Waals surface area contributed by atoms with Crippen molar-refractivity contribution in [3.63, 3.8) is 0 Å². The van der Waals surface area contributed by atoms with Crippen LogP contribution >= 0.6 is 0 Å². The molecule has 2 bridgehead atoms. The number of amides is 1. The highest BCUT2D eigenvalue weighted by atomic mass is 19.3. The molecule has 1 amide bonds. The maximum atomic E-state index is 13.2. The number of nitrogens with one attached hydrogen (secondary N) is 1. The zero-order valence-electron chi connectivity index (χ0n) is 19.3. The van der Waals surface area contributed by atoms with E-state index in [1.807, 2.05) is 50.5 Å². The first-order valence-corrected chi connectivity index (χ1v) is 11.3. The van der Waals surface area contributed by atoms with Crippen LogP contribution in [0.3, 0.4) is 0 Å². The SMILES string of the molecule is CC1(C)OB(c2ccc3nc4n(c3c2)[C@@H]2CC4NC(=O)c3cccc(OC(F)F)c32)OC1(C)C. The molecule has 3 aromatic rings. The fourth-order valence-corrected chi connectivity index (χ4v) is 5.15. The molecule has 0 radical (unpaired) electrons. The highest BCUT2D eigenvalue weighted by Gasteiger charge is 2.52. The van der Waals surface area contributed by atoms with Gasteiger partial charge in [0.1, 0.15) is 11.6 Å². The van der Waals surface area contributed by atoms with Crippen molar-refractivity contribution in [1.29, 1.82) is 0 Å². The molecule has 7 nitrogen and oxygen atoms in total. The zero-order chi connectivity index (χ0) is 24.0. The van der Waals surface area contributed by atoms with Crippen LogP contribution in [0.4, 0.5) is 8.78 Å². The average Bonchev–Trinajstić information content (AvgIpc) is 3.32. The molecule has 0 spiro atoms. The summed E-state index contributed by atoms with van der Waals surface area (Å²) in [6, 6.07) is 9.75. The number of fused-ring (bicyclic) bond motifs is 9. The first-order chi connectivity index (χ1) is 16.1. The van der Waals surface area contributed by atoms with E-state index >= 15 is 0 Å². The Morgan fingerprint density at radius 3 is 2.62 bits per heavy atom. The molecule has 1 aromatic heterocycles. The molecule has 3 aliphatic rings. The van der Waals surface area contributed by atoms with Gasteiger partial charge in [0.2, 0.25) is 0 Å². The third-order valence-corrected chi connectivity index (χ3v) is 7.51. The van der Waals surface area contributed by atoms with E-state index in [1.54, 1.807) is 12.1 Å². The van der Waals surface area contributed by atoms with Gasteiger partial charge < -0.3 is 23.9 Å². The molecule has 1 saturated heterocycles. The van der Waals surface area contributed by atoms with Crippen LogP contribution < -0.4 is 15.5 Å². The number of carbonyl (C=O) groups is 1. The summed E-state index contributed by atoms with van der Waals surface area (Å²) in [4.78, 5) is 17.7. The minimum Gasteiger partial charge on any atom is -0.434 e. The number of ether oxygens (including phenoxy) is 1. The minimum absolute atomic E-state index is 0.00473. The number of hydrogen-bond donors (Lipinski definition) is 1. The van der Waals surface area contributed by atoms with Crippen LogP contribution in [0.1, 0.15) is 67.9 Å². The van der Waals surface area contributed by atoms with Gasteiger partial charge in [-0.15, -0.1) is 0 Å². The summed E-state index contributed by atoms with van der Waals surface area (Å²) in [6.07, 6.45) is 0.501. The summed E-state index contributed by atoms with van der Waals surface area (Å²) in [5.41, 5.74) is 2.23. The summed E-state index contributed by atoms with van der Waals surface area (Å²) in [6.45, 7) is 5.00. The van der Waals surface area contributed by atoms with Crippen LogP contribution in [0.2, 0.25) is 0 Å². The van der Waals surface area contributed by atoms with E-state index in [4.69, 9.17) is 19.0 Å². The number of imidazole rings is 1. The standard InChI is InChI=1S/C24H24BF2N3O4/c1-23(2)24(3,4)34-25(33-23)12-8-9-14-16(10-12)30-17-11-15(20(30)28-14)29-21(31)13-6-5-7-18(19(13)17)32-22(26)27/h5-10,15,17,22H,11H2,1-4H3,(H,29,31)/t15?,17-/m1/s1. The Hall–Kier alpha value is -2.98. The Morgan fingerprint density at radius 1 is 1.18 bits per heavy atom. The van der Waals surface area contributed by atoms with Crippen molar-refractivity contribution in [2.75, 3.05) is 0 Å². The van der Waals surface area contributed by atoms with E-state index in [0.29, 0.717) is 23.4 Å². The van der Waals surface area contributed by atoms with Crippen molar-refractivity contribution >= 4 is 29.5 Å². The molecule has 2 atom stereocenters. The van der Waals surface area contributed by atoms with Crippen LogP contribution in [0.5, 0.6) is 5.75 Å². The van der Waals surface area contributed by atoms with E-state index in [2.05, 4.69) is 5.32 Å². The van der Waals surface area contributed by atoms with E-state index in [0.717, 1.165) is 16.5 Å². The fourth-order valence-electron chi connectivity index (χ4n) is 5.15. The quantitative estimate of drug-likeness (QED) is 0.595. The minimum atomic E-state index is -3.00. The zero-order valence-corrected chi connectivity index (χ0v) is 19.3. The van der Waals surface area contributed by atoms with Gasteiger partial charge in [0, 0.05) is 11.1 Å². The number of alkyl halides is 2. The van der Waals surface area contributed by atoms with E-state index in [1.165, 1.54) is 6.07 Å². The second-order valence-electron chi connectivity index (χ2n) is 10.0. The summed E-state index contributed by atoms with van der Waals surface area (Å²) >= 11 is 0. The van der Waals surface area contributed by atoms with Gasteiger partial charge in [0.25, 0.3) is 5.91 Å². The van der Waals surface area contributed by atoms with Crippen LogP contribution in [0, 0.1) is 0 Å². The third kappa shape index (κ3) is 3.01. The van der Waals surface area contributed by atoms with Crippen molar-refractivity contribution in [1.82, 2.24) is 14.9 Å². The Balaban J connectivity index is 1.50. The molecule has 0 saturated carbocycles. The lowest BCUT2D eigenvalue weighted by Gasteiger charge is -2.32. The third-order valence-electron chi connectivity index (χ3n) is 7.51. The van der Waals surface area contributed by atoms with Crippen molar-refractivity contribution in [3.8, 4) is 5.75 Å². The number of rotatable bonds is 3. The lowest BCUT2D eigenvalue weighted by Crippen LogP contribution is -2.41. The molecule has 1 unspecified atom stereocenters.